The fraction of sp³-hybridized carbons (Fsp3) is 0.632. The molecule has 0 bridgehead atoms. The highest BCUT2D eigenvalue weighted by atomic mass is 16.7. The number of aromatic hydroxyl groups is 1. The summed E-state index contributed by atoms with van der Waals surface area (Å²) in [5.74, 6) is -1.45. The third kappa shape index (κ3) is 4.87. The van der Waals surface area contributed by atoms with E-state index < -0.39 is 80.6 Å². The molecule has 0 aromatic heterocycles. The molecule has 13 heteroatoms. The van der Waals surface area contributed by atoms with Gasteiger partial charge in [0.15, 0.2) is 6.29 Å². The number of esters is 1. The van der Waals surface area contributed by atoms with Gasteiger partial charge < -0.3 is 59.8 Å². The lowest BCUT2D eigenvalue weighted by Crippen LogP contribution is -2.64. The zero-order chi connectivity index (χ0) is 23.6. The van der Waals surface area contributed by atoms with Gasteiger partial charge in [-0.1, -0.05) is 12.1 Å². The highest BCUT2D eigenvalue weighted by molar-refractivity contribution is 5.92. The standard InChI is InChI=1S/C19H26O13/c20-5-9-11(23)12(24)14(26)18(29-9)31-16-10(6-21)30-19(15(27)13(16)25)32-17(28)7-3-1-2-4-8(7)22/h1-4,9-16,18-27H,5-6H2/t9-,10-,11-,12+,13-,14-,15-,16-,18-,19?/m1/s1. The molecular weight excluding hydrogens is 436 g/mol. The third-order valence-corrected chi connectivity index (χ3v) is 5.31. The maximum atomic E-state index is 12.3. The third-order valence-electron chi connectivity index (χ3n) is 5.31. The highest BCUT2D eigenvalue weighted by Crippen LogP contribution is 2.30. The molecule has 2 aliphatic rings. The Hall–Kier alpha value is -1.91. The van der Waals surface area contributed by atoms with Crippen molar-refractivity contribution < 1.29 is 64.6 Å². The van der Waals surface area contributed by atoms with Crippen LogP contribution in [0.5, 0.6) is 5.75 Å². The Morgan fingerprint density at radius 1 is 0.812 bits per heavy atom. The van der Waals surface area contributed by atoms with Crippen LogP contribution < -0.4 is 0 Å². The van der Waals surface area contributed by atoms with Gasteiger partial charge >= 0.3 is 5.97 Å². The Kier molecular flexibility index (Phi) is 8.00. The molecule has 0 aliphatic carbocycles. The molecule has 3 rings (SSSR count). The molecule has 10 atom stereocenters. The number of phenols is 1. The van der Waals surface area contributed by atoms with E-state index in [9.17, 15) is 45.6 Å². The lowest BCUT2D eigenvalue weighted by molar-refractivity contribution is -0.354. The van der Waals surface area contributed by atoms with Crippen molar-refractivity contribution in [2.45, 2.75) is 61.4 Å². The number of carbonyl (C=O) groups excluding carboxylic acids is 1. The normalized spacial score (nSPS) is 40.1. The van der Waals surface area contributed by atoms with Crippen LogP contribution in [0, 0.1) is 0 Å². The lowest BCUT2D eigenvalue weighted by atomic mass is 9.97. The van der Waals surface area contributed by atoms with Crippen molar-refractivity contribution in [1.82, 2.24) is 0 Å². The summed E-state index contributed by atoms with van der Waals surface area (Å²) in [7, 11) is 0. The number of rotatable bonds is 6. The van der Waals surface area contributed by atoms with Gasteiger partial charge in [0, 0.05) is 0 Å². The molecule has 1 unspecified atom stereocenters. The molecule has 0 saturated carbocycles. The fourth-order valence-corrected chi connectivity index (χ4v) is 3.47. The summed E-state index contributed by atoms with van der Waals surface area (Å²) >= 11 is 0. The molecule has 0 spiro atoms. The van der Waals surface area contributed by atoms with Crippen LogP contribution in [0.4, 0.5) is 0 Å². The number of hydrogen-bond acceptors (Lipinski definition) is 13. The van der Waals surface area contributed by atoms with Crippen LogP contribution in [0.2, 0.25) is 0 Å². The van der Waals surface area contributed by atoms with Gasteiger partial charge in [-0.3, -0.25) is 0 Å². The molecule has 2 heterocycles. The Balaban J connectivity index is 1.71. The Labute approximate surface area is 181 Å². The van der Waals surface area contributed by atoms with E-state index in [0.29, 0.717) is 0 Å². The van der Waals surface area contributed by atoms with E-state index >= 15 is 0 Å². The predicted molar refractivity (Wildman–Crippen MR) is 99.9 cm³/mol. The van der Waals surface area contributed by atoms with Crippen molar-refractivity contribution in [3.8, 4) is 5.75 Å². The number of aliphatic hydroxyl groups is 7. The molecule has 2 fully saturated rings. The molecule has 2 saturated heterocycles. The molecule has 1 aromatic rings. The quantitative estimate of drug-likeness (QED) is 0.190. The van der Waals surface area contributed by atoms with Crippen LogP contribution >= 0.6 is 0 Å². The molecule has 0 amide bonds. The van der Waals surface area contributed by atoms with Gasteiger partial charge in [-0.2, -0.15) is 0 Å². The SMILES string of the molecule is O=C(OC1O[C@H](CO)[C@@H](O[C@H]2O[C@H](CO)[C@@H](O)[C@H](O)[C@H]2O)[C@H](O)[C@H]1O)c1ccccc1O. The number of aliphatic hydroxyl groups excluding tert-OH is 7. The second-order valence-corrected chi connectivity index (χ2v) is 7.43. The van der Waals surface area contributed by atoms with Crippen molar-refractivity contribution in [3.63, 3.8) is 0 Å². The summed E-state index contributed by atoms with van der Waals surface area (Å²) in [4.78, 5) is 12.3. The first kappa shape index (κ1) is 24.7. The van der Waals surface area contributed by atoms with Gasteiger partial charge in [0.1, 0.15) is 60.1 Å². The van der Waals surface area contributed by atoms with Crippen molar-refractivity contribution >= 4 is 5.97 Å². The maximum Gasteiger partial charge on any atom is 0.344 e. The zero-order valence-corrected chi connectivity index (χ0v) is 16.6. The van der Waals surface area contributed by atoms with Gasteiger partial charge in [-0.25, -0.2) is 4.79 Å². The van der Waals surface area contributed by atoms with E-state index in [1.54, 1.807) is 0 Å². The number of carbonyl (C=O) groups is 1. The Bertz CT molecular complexity index is 771. The van der Waals surface area contributed by atoms with E-state index in [1.165, 1.54) is 24.3 Å². The molecule has 1 aromatic carbocycles. The topological polar surface area (TPSA) is 216 Å². The van der Waals surface area contributed by atoms with Gasteiger partial charge in [0.2, 0.25) is 6.29 Å². The zero-order valence-electron chi connectivity index (χ0n) is 16.6. The van der Waals surface area contributed by atoms with Gasteiger partial charge in [-0.05, 0) is 12.1 Å². The first-order chi connectivity index (χ1) is 15.2. The Morgan fingerprint density at radius 3 is 2.03 bits per heavy atom. The van der Waals surface area contributed by atoms with E-state index in [-0.39, 0.29) is 11.3 Å². The van der Waals surface area contributed by atoms with Crippen molar-refractivity contribution in [2.24, 2.45) is 0 Å². The highest BCUT2D eigenvalue weighted by Gasteiger charge is 2.51. The van der Waals surface area contributed by atoms with E-state index in [2.05, 4.69) is 0 Å². The monoisotopic (exact) mass is 462 g/mol. The average Bonchev–Trinajstić information content (AvgIpc) is 2.78. The molecule has 8 N–H and O–H groups in total. The second kappa shape index (κ2) is 10.4. The summed E-state index contributed by atoms with van der Waals surface area (Å²) < 4.78 is 21.0. The molecular formula is C19H26O13. The summed E-state index contributed by atoms with van der Waals surface area (Å²) in [6.45, 7) is -1.50. The minimum Gasteiger partial charge on any atom is -0.507 e. The molecule has 32 heavy (non-hydrogen) atoms. The van der Waals surface area contributed by atoms with Crippen LogP contribution in [0.15, 0.2) is 24.3 Å². The minimum absolute atomic E-state index is 0.224. The summed E-state index contributed by atoms with van der Waals surface area (Å²) in [5.41, 5.74) is -0.224. The summed E-state index contributed by atoms with van der Waals surface area (Å²) in [6.07, 6.45) is -16.5. The summed E-state index contributed by atoms with van der Waals surface area (Å²) in [6, 6.07) is 5.44. The first-order valence-corrected chi connectivity index (χ1v) is 9.77. The lowest BCUT2D eigenvalue weighted by Gasteiger charge is -2.45. The summed E-state index contributed by atoms with van der Waals surface area (Å²) in [5, 5.41) is 79.3. The van der Waals surface area contributed by atoms with Crippen LogP contribution in [0.3, 0.4) is 0 Å². The fourth-order valence-electron chi connectivity index (χ4n) is 3.47. The van der Waals surface area contributed by atoms with Gasteiger partial charge in [0.25, 0.3) is 0 Å². The van der Waals surface area contributed by atoms with Gasteiger partial charge in [0.05, 0.1) is 13.2 Å². The van der Waals surface area contributed by atoms with Crippen molar-refractivity contribution in [2.75, 3.05) is 13.2 Å². The average molecular weight is 462 g/mol. The van der Waals surface area contributed by atoms with Crippen LogP contribution in [0.1, 0.15) is 10.4 Å². The second-order valence-electron chi connectivity index (χ2n) is 7.43. The van der Waals surface area contributed by atoms with Crippen LogP contribution in [0.25, 0.3) is 0 Å². The smallest absolute Gasteiger partial charge is 0.344 e. The molecule has 2 aliphatic heterocycles. The number of ether oxygens (including phenoxy) is 4. The van der Waals surface area contributed by atoms with Crippen LogP contribution in [-0.4, -0.2) is 121 Å². The largest absolute Gasteiger partial charge is 0.507 e. The number of hydrogen-bond donors (Lipinski definition) is 8. The number of para-hydroxylation sites is 1. The van der Waals surface area contributed by atoms with E-state index in [1.807, 2.05) is 0 Å². The minimum atomic E-state index is -1.87. The van der Waals surface area contributed by atoms with Crippen molar-refractivity contribution in [1.29, 1.82) is 0 Å². The van der Waals surface area contributed by atoms with Crippen molar-refractivity contribution in [3.05, 3.63) is 29.8 Å². The van der Waals surface area contributed by atoms with E-state index in [4.69, 9.17) is 18.9 Å². The van der Waals surface area contributed by atoms with E-state index in [0.717, 1.165) is 0 Å². The van der Waals surface area contributed by atoms with Crippen LogP contribution in [-0.2, 0) is 18.9 Å². The first-order valence-electron chi connectivity index (χ1n) is 9.77. The van der Waals surface area contributed by atoms with Gasteiger partial charge in [-0.15, -0.1) is 0 Å². The number of benzene rings is 1. The predicted octanol–water partition coefficient (Wildman–Crippen LogP) is -3.83. The Morgan fingerprint density at radius 2 is 1.41 bits per heavy atom. The molecule has 180 valence electrons. The maximum absolute atomic E-state index is 12.3. The molecule has 13 nitrogen and oxygen atoms in total. The molecule has 0 radical (unpaired) electrons. The number of phenolic OH excluding ortho intramolecular Hbond substituents is 1.